The molecule has 0 fully saturated rings. The number of nitrogens with one attached hydrogen (secondary N) is 1. The van der Waals surface area contributed by atoms with Crippen LogP contribution in [-0.4, -0.2) is 29.7 Å². The highest BCUT2D eigenvalue weighted by molar-refractivity contribution is 5.81. The summed E-state index contributed by atoms with van der Waals surface area (Å²) in [5.74, 6) is 0.186. The summed E-state index contributed by atoms with van der Waals surface area (Å²) in [5, 5.41) is 12.2. The number of carbonyl (C=O) groups excluding carboxylic acids is 1. The van der Waals surface area contributed by atoms with Gasteiger partial charge in [-0.2, -0.15) is 0 Å². The highest BCUT2D eigenvalue weighted by atomic mass is 16.3. The standard InChI is InChI=1S/C15H24N2O2/c1-11(2)8-14(16)15(19)17-13(10-18)9-12-6-4-3-5-7-12/h3-7,11,13-14,18H,8-10,16H2,1-2H3,(H,17,19). The van der Waals surface area contributed by atoms with Gasteiger partial charge in [-0.15, -0.1) is 0 Å². The van der Waals surface area contributed by atoms with Crippen molar-refractivity contribution in [3.8, 4) is 0 Å². The second-order valence-electron chi connectivity index (χ2n) is 5.31. The third-order valence-electron chi connectivity index (χ3n) is 2.95. The summed E-state index contributed by atoms with van der Waals surface area (Å²) in [6.07, 6.45) is 1.26. The lowest BCUT2D eigenvalue weighted by Gasteiger charge is -2.20. The summed E-state index contributed by atoms with van der Waals surface area (Å²) < 4.78 is 0. The van der Waals surface area contributed by atoms with Crippen LogP contribution >= 0.6 is 0 Å². The van der Waals surface area contributed by atoms with Gasteiger partial charge in [0.2, 0.25) is 5.91 Å². The number of nitrogens with two attached hydrogens (primary N) is 1. The average molecular weight is 264 g/mol. The molecule has 0 saturated carbocycles. The Hall–Kier alpha value is -1.39. The zero-order valence-corrected chi connectivity index (χ0v) is 11.7. The predicted molar refractivity (Wildman–Crippen MR) is 76.6 cm³/mol. The van der Waals surface area contributed by atoms with Crippen LogP contribution in [0.2, 0.25) is 0 Å². The Morgan fingerprint density at radius 1 is 1.32 bits per heavy atom. The second-order valence-corrected chi connectivity index (χ2v) is 5.31. The van der Waals surface area contributed by atoms with Crippen LogP contribution in [0, 0.1) is 5.92 Å². The summed E-state index contributed by atoms with van der Waals surface area (Å²) >= 11 is 0. The molecule has 2 unspecified atom stereocenters. The van der Waals surface area contributed by atoms with E-state index in [4.69, 9.17) is 5.73 Å². The first kappa shape index (κ1) is 15.7. The number of amides is 1. The lowest BCUT2D eigenvalue weighted by Crippen LogP contribution is -2.48. The normalized spacial score (nSPS) is 14.2. The lowest BCUT2D eigenvalue weighted by molar-refractivity contribution is -0.123. The minimum atomic E-state index is -0.509. The molecule has 106 valence electrons. The average Bonchev–Trinajstić information content (AvgIpc) is 2.38. The number of hydrogen-bond donors (Lipinski definition) is 3. The van der Waals surface area contributed by atoms with E-state index in [1.807, 2.05) is 44.2 Å². The molecule has 4 heteroatoms. The minimum Gasteiger partial charge on any atom is -0.394 e. The fourth-order valence-electron chi connectivity index (χ4n) is 1.98. The van der Waals surface area contributed by atoms with Crippen molar-refractivity contribution in [3.05, 3.63) is 35.9 Å². The molecule has 2 atom stereocenters. The van der Waals surface area contributed by atoms with Gasteiger partial charge in [0.05, 0.1) is 18.7 Å². The summed E-state index contributed by atoms with van der Waals surface area (Å²) in [6, 6.07) is 8.98. The van der Waals surface area contributed by atoms with Gasteiger partial charge in [0.25, 0.3) is 0 Å². The van der Waals surface area contributed by atoms with E-state index in [0.717, 1.165) is 5.56 Å². The van der Waals surface area contributed by atoms with Gasteiger partial charge in [-0.1, -0.05) is 44.2 Å². The van der Waals surface area contributed by atoms with Gasteiger partial charge in [-0.25, -0.2) is 0 Å². The monoisotopic (exact) mass is 264 g/mol. The molecule has 0 aromatic heterocycles. The Balaban J connectivity index is 2.50. The van der Waals surface area contributed by atoms with Crippen molar-refractivity contribution < 1.29 is 9.90 Å². The first-order chi connectivity index (χ1) is 9.02. The Morgan fingerprint density at radius 3 is 2.47 bits per heavy atom. The van der Waals surface area contributed by atoms with E-state index in [1.165, 1.54) is 0 Å². The zero-order chi connectivity index (χ0) is 14.3. The summed E-state index contributed by atoms with van der Waals surface area (Å²) in [4.78, 5) is 11.9. The van der Waals surface area contributed by atoms with Crippen LogP contribution in [0.4, 0.5) is 0 Å². The van der Waals surface area contributed by atoms with Crippen molar-refractivity contribution in [3.63, 3.8) is 0 Å². The largest absolute Gasteiger partial charge is 0.394 e. The Labute approximate surface area is 115 Å². The molecule has 0 aliphatic carbocycles. The SMILES string of the molecule is CC(C)CC(N)C(=O)NC(CO)Cc1ccccc1. The Morgan fingerprint density at radius 2 is 1.95 bits per heavy atom. The number of hydrogen-bond acceptors (Lipinski definition) is 3. The molecule has 0 radical (unpaired) electrons. The molecule has 0 heterocycles. The molecular formula is C15H24N2O2. The molecular weight excluding hydrogens is 240 g/mol. The van der Waals surface area contributed by atoms with Crippen LogP contribution in [0.1, 0.15) is 25.8 Å². The van der Waals surface area contributed by atoms with Crippen molar-refractivity contribution in [2.45, 2.75) is 38.8 Å². The molecule has 1 amide bonds. The van der Waals surface area contributed by atoms with E-state index in [-0.39, 0.29) is 18.6 Å². The molecule has 1 rings (SSSR count). The van der Waals surface area contributed by atoms with Gasteiger partial charge in [0, 0.05) is 0 Å². The third kappa shape index (κ3) is 5.85. The van der Waals surface area contributed by atoms with Crippen molar-refractivity contribution in [2.75, 3.05) is 6.61 Å². The van der Waals surface area contributed by atoms with Crippen LogP contribution in [0.5, 0.6) is 0 Å². The first-order valence-corrected chi connectivity index (χ1v) is 6.73. The van der Waals surface area contributed by atoms with E-state index in [0.29, 0.717) is 18.8 Å². The molecule has 0 saturated heterocycles. The van der Waals surface area contributed by atoms with Crippen LogP contribution in [0.3, 0.4) is 0 Å². The summed E-state index contributed by atoms with van der Waals surface area (Å²) in [5.41, 5.74) is 6.90. The van der Waals surface area contributed by atoms with E-state index >= 15 is 0 Å². The van der Waals surface area contributed by atoms with Crippen molar-refractivity contribution in [2.24, 2.45) is 11.7 Å². The zero-order valence-electron chi connectivity index (χ0n) is 11.7. The quantitative estimate of drug-likeness (QED) is 0.690. The van der Waals surface area contributed by atoms with E-state index in [1.54, 1.807) is 0 Å². The van der Waals surface area contributed by atoms with Crippen LogP contribution < -0.4 is 11.1 Å². The van der Waals surface area contributed by atoms with E-state index in [9.17, 15) is 9.90 Å². The molecule has 0 spiro atoms. The highest BCUT2D eigenvalue weighted by Gasteiger charge is 2.18. The van der Waals surface area contributed by atoms with Crippen molar-refractivity contribution in [1.29, 1.82) is 0 Å². The maximum absolute atomic E-state index is 11.9. The molecule has 19 heavy (non-hydrogen) atoms. The lowest BCUT2D eigenvalue weighted by atomic mass is 10.0. The maximum Gasteiger partial charge on any atom is 0.237 e. The molecule has 1 aromatic carbocycles. The van der Waals surface area contributed by atoms with Crippen molar-refractivity contribution in [1.82, 2.24) is 5.32 Å². The number of aliphatic hydroxyl groups is 1. The molecule has 0 aliphatic heterocycles. The molecule has 0 bridgehead atoms. The number of benzene rings is 1. The van der Waals surface area contributed by atoms with Gasteiger partial charge in [-0.05, 0) is 24.3 Å². The predicted octanol–water partition coefficient (Wildman–Crippen LogP) is 1.08. The second kappa shape index (κ2) is 7.92. The van der Waals surface area contributed by atoms with Gasteiger partial charge in [-0.3, -0.25) is 4.79 Å². The van der Waals surface area contributed by atoms with Gasteiger partial charge in [0.1, 0.15) is 0 Å². The fraction of sp³-hybridized carbons (Fsp3) is 0.533. The van der Waals surface area contributed by atoms with Gasteiger partial charge < -0.3 is 16.2 Å². The van der Waals surface area contributed by atoms with E-state index in [2.05, 4.69) is 5.32 Å². The fourth-order valence-corrected chi connectivity index (χ4v) is 1.98. The van der Waals surface area contributed by atoms with Crippen LogP contribution in [-0.2, 0) is 11.2 Å². The van der Waals surface area contributed by atoms with E-state index < -0.39 is 6.04 Å². The molecule has 4 N–H and O–H groups in total. The summed E-state index contributed by atoms with van der Waals surface area (Å²) in [7, 11) is 0. The molecule has 0 aliphatic rings. The smallest absolute Gasteiger partial charge is 0.237 e. The number of carbonyl (C=O) groups is 1. The number of rotatable bonds is 7. The van der Waals surface area contributed by atoms with Crippen molar-refractivity contribution >= 4 is 5.91 Å². The molecule has 4 nitrogen and oxygen atoms in total. The Kier molecular flexibility index (Phi) is 6.53. The topological polar surface area (TPSA) is 75.4 Å². The Bertz CT molecular complexity index is 379. The first-order valence-electron chi connectivity index (χ1n) is 6.73. The molecule has 1 aromatic rings. The van der Waals surface area contributed by atoms with Crippen LogP contribution in [0.15, 0.2) is 30.3 Å². The van der Waals surface area contributed by atoms with Gasteiger partial charge in [0.15, 0.2) is 0 Å². The van der Waals surface area contributed by atoms with Gasteiger partial charge >= 0.3 is 0 Å². The third-order valence-corrected chi connectivity index (χ3v) is 2.95. The summed E-state index contributed by atoms with van der Waals surface area (Å²) in [6.45, 7) is 3.97. The van der Waals surface area contributed by atoms with Crippen LogP contribution in [0.25, 0.3) is 0 Å². The maximum atomic E-state index is 11.9. The number of aliphatic hydroxyl groups excluding tert-OH is 1. The highest BCUT2D eigenvalue weighted by Crippen LogP contribution is 2.05. The minimum absolute atomic E-state index is 0.0883.